The van der Waals surface area contributed by atoms with Gasteiger partial charge in [-0.25, -0.2) is 4.79 Å². The summed E-state index contributed by atoms with van der Waals surface area (Å²) in [5, 5.41) is 0. The number of ether oxygens (including phenoxy) is 2. The maximum absolute atomic E-state index is 12.2. The first-order valence-corrected chi connectivity index (χ1v) is 7.89. The molecule has 7 heteroatoms. The second-order valence-electron chi connectivity index (χ2n) is 5.13. The highest BCUT2D eigenvalue weighted by Gasteiger charge is 2.27. The minimum absolute atomic E-state index is 0.0311. The number of nitrogens with two attached hydrogens (primary N) is 1. The van der Waals surface area contributed by atoms with Crippen molar-refractivity contribution < 1.29 is 23.9 Å². The summed E-state index contributed by atoms with van der Waals surface area (Å²) in [6.07, 6.45) is 0.762. The molecule has 1 aromatic rings. The fourth-order valence-electron chi connectivity index (χ4n) is 2.20. The van der Waals surface area contributed by atoms with Gasteiger partial charge in [0.25, 0.3) is 0 Å². The smallest absolute Gasteiger partial charge is 0.328 e. The van der Waals surface area contributed by atoms with Crippen LogP contribution in [0, 0.1) is 0 Å². The average Bonchev–Trinajstić information content (AvgIpc) is 2.56. The van der Waals surface area contributed by atoms with E-state index >= 15 is 0 Å². The third-order valence-corrected chi connectivity index (χ3v) is 3.37. The van der Waals surface area contributed by atoms with Crippen LogP contribution in [0.3, 0.4) is 0 Å². The van der Waals surface area contributed by atoms with Crippen molar-refractivity contribution in [3.05, 3.63) is 29.8 Å². The molecular weight excluding hydrogens is 312 g/mol. The molecule has 0 saturated heterocycles. The summed E-state index contributed by atoms with van der Waals surface area (Å²) in [5.41, 5.74) is 7.07. The van der Waals surface area contributed by atoms with E-state index in [4.69, 9.17) is 15.2 Å². The van der Waals surface area contributed by atoms with Crippen molar-refractivity contribution in [1.29, 1.82) is 0 Å². The number of nitrogen functional groups attached to an aromatic ring is 1. The molecule has 0 bridgehead atoms. The summed E-state index contributed by atoms with van der Waals surface area (Å²) in [6.45, 7) is 4.08. The molecular formula is C17H24N2O5. The summed E-state index contributed by atoms with van der Waals surface area (Å²) in [5.74, 6) is -0.950. The number of benzene rings is 1. The predicted octanol–water partition coefficient (Wildman–Crippen LogP) is 1.50. The van der Waals surface area contributed by atoms with Crippen molar-refractivity contribution >= 4 is 24.0 Å². The zero-order valence-electron chi connectivity index (χ0n) is 14.1. The third-order valence-electron chi connectivity index (χ3n) is 3.37. The second-order valence-corrected chi connectivity index (χ2v) is 5.13. The van der Waals surface area contributed by atoms with E-state index in [9.17, 15) is 14.4 Å². The van der Waals surface area contributed by atoms with Crippen LogP contribution in [0.2, 0.25) is 0 Å². The number of anilines is 1. The predicted molar refractivity (Wildman–Crippen MR) is 88.7 cm³/mol. The third kappa shape index (κ3) is 6.28. The van der Waals surface area contributed by atoms with E-state index in [-0.39, 0.29) is 32.6 Å². The Morgan fingerprint density at radius 3 is 2.33 bits per heavy atom. The molecule has 0 unspecified atom stereocenters. The minimum atomic E-state index is -0.843. The highest BCUT2D eigenvalue weighted by Crippen LogP contribution is 2.14. The van der Waals surface area contributed by atoms with Crippen LogP contribution in [0.25, 0.3) is 0 Å². The van der Waals surface area contributed by atoms with Crippen molar-refractivity contribution in [3.63, 3.8) is 0 Å². The lowest BCUT2D eigenvalue weighted by atomic mass is 10.1. The van der Waals surface area contributed by atoms with Gasteiger partial charge in [0.15, 0.2) is 0 Å². The number of hydrogen-bond acceptors (Lipinski definition) is 6. The molecule has 132 valence electrons. The SMILES string of the molecule is CCOC(=O)CC[C@@H](C(=O)OCC)N(C=O)Cc1ccc(N)cc1. The Morgan fingerprint density at radius 1 is 1.17 bits per heavy atom. The van der Waals surface area contributed by atoms with Crippen molar-refractivity contribution in [1.82, 2.24) is 4.90 Å². The van der Waals surface area contributed by atoms with Crippen LogP contribution >= 0.6 is 0 Å². The Labute approximate surface area is 141 Å². The van der Waals surface area contributed by atoms with E-state index in [2.05, 4.69) is 0 Å². The van der Waals surface area contributed by atoms with Crippen LogP contribution < -0.4 is 5.73 Å². The quantitative estimate of drug-likeness (QED) is 0.395. The Morgan fingerprint density at radius 2 is 1.79 bits per heavy atom. The van der Waals surface area contributed by atoms with E-state index in [0.29, 0.717) is 12.1 Å². The Bertz CT molecular complexity index is 544. The molecule has 0 spiro atoms. The summed E-state index contributed by atoms with van der Waals surface area (Å²) in [6, 6.07) is 6.15. The molecule has 0 fully saturated rings. The first-order valence-electron chi connectivity index (χ1n) is 7.89. The number of esters is 2. The molecule has 1 amide bonds. The molecule has 0 heterocycles. The van der Waals surface area contributed by atoms with Gasteiger partial charge in [-0.3, -0.25) is 9.59 Å². The number of carbonyl (C=O) groups excluding carboxylic acids is 3. The van der Waals surface area contributed by atoms with Crippen molar-refractivity contribution in [2.75, 3.05) is 18.9 Å². The van der Waals surface area contributed by atoms with Crippen molar-refractivity contribution in [3.8, 4) is 0 Å². The van der Waals surface area contributed by atoms with Crippen LogP contribution in [-0.2, 0) is 30.4 Å². The summed E-state index contributed by atoms with van der Waals surface area (Å²) in [4.78, 5) is 36.5. The largest absolute Gasteiger partial charge is 0.466 e. The van der Waals surface area contributed by atoms with Crippen LogP contribution in [0.1, 0.15) is 32.3 Å². The number of nitrogens with zero attached hydrogens (tertiary/aromatic N) is 1. The van der Waals surface area contributed by atoms with Gasteiger partial charge in [0, 0.05) is 18.7 Å². The molecule has 7 nitrogen and oxygen atoms in total. The zero-order chi connectivity index (χ0) is 17.9. The van der Waals surface area contributed by atoms with Gasteiger partial charge in [0.1, 0.15) is 6.04 Å². The maximum Gasteiger partial charge on any atom is 0.328 e. The Kier molecular flexibility index (Phi) is 8.32. The van der Waals surface area contributed by atoms with Gasteiger partial charge < -0.3 is 20.1 Å². The number of amides is 1. The topological polar surface area (TPSA) is 98.9 Å². The standard InChI is InChI=1S/C17H24N2O5/c1-3-23-16(21)10-9-15(17(22)24-4-2)19(12-20)11-13-5-7-14(18)8-6-13/h5-8,12,15H,3-4,9-11,18H2,1-2H3/t15-/m0/s1. The molecule has 0 radical (unpaired) electrons. The van der Waals surface area contributed by atoms with Gasteiger partial charge in [-0.2, -0.15) is 0 Å². The van der Waals surface area contributed by atoms with Gasteiger partial charge in [0.05, 0.1) is 13.2 Å². The average molecular weight is 336 g/mol. The van der Waals surface area contributed by atoms with Gasteiger partial charge in [-0.1, -0.05) is 12.1 Å². The van der Waals surface area contributed by atoms with Crippen molar-refractivity contribution in [2.45, 2.75) is 39.3 Å². The lowest BCUT2D eigenvalue weighted by molar-refractivity contribution is -0.153. The molecule has 0 aliphatic rings. The number of hydrogen-bond donors (Lipinski definition) is 1. The number of rotatable bonds is 10. The highest BCUT2D eigenvalue weighted by molar-refractivity contribution is 5.79. The van der Waals surface area contributed by atoms with E-state index in [0.717, 1.165) is 5.56 Å². The zero-order valence-corrected chi connectivity index (χ0v) is 14.1. The Hall–Kier alpha value is -2.57. The molecule has 0 aromatic heterocycles. The fraction of sp³-hybridized carbons (Fsp3) is 0.471. The van der Waals surface area contributed by atoms with Gasteiger partial charge in [-0.05, 0) is 38.0 Å². The van der Waals surface area contributed by atoms with Crippen LogP contribution in [0.4, 0.5) is 5.69 Å². The Balaban J connectivity index is 2.83. The van der Waals surface area contributed by atoms with Crippen LogP contribution in [0.5, 0.6) is 0 Å². The summed E-state index contributed by atoms with van der Waals surface area (Å²) < 4.78 is 9.89. The first kappa shape index (κ1) is 19.5. The molecule has 0 aliphatic carbocycles. The van der Waals surface area contributed by atoms with E-state index in [1.54, 1.807) is 38.1 Å². The van der Waals surface area contributed by atoms with Crippen LogP contribution in [0.15, 0.2) is 24.3 Å². The van der Waals surface area contributed by atoms with Gasteiger partial charge >= 0.3 is 11.9 Å². The molecule has 2 N–H and O–H groups in total. The first-order chi connectivity index (χ1) is 11.5. The normalized spacial score (nSPS) is 11.4. The maximum atomic E-state index is 12.2. The fourth-order valence-corrected chi connectivity index (χ4v) is 2.20. The van der Waals surface area contributed by atoms with Gasteiger partial charge in [-0.15, -0.1) is 0 Å². The van der Waals surface area contributed by atoms with Crippen molar-refractivity contribution in [2.24, 2.45) is 0 Å². The lowest BCUT2D eigenvalue weighted by Gasteiger charge is -2.26. The molecule has 1 aromatic carbocycles. The second kappa shape index (κ2) is 10.3. The molecule has 0 aliphatic heterocycles. The molecule has 24 heavy (non-hydrogen) atoms. The molecule has 1 rings (SSSR count). The highest BCUT2D eigenvalue weighted by atomic mass is 16.5. The summed E-state index contributed by atoms with van der Waals surface area (Å²) in [7, 11) is 0. The van der Waals surface area contributed by atoms with E-state index < -0.39 is 18.0 Å². The lowest BCUT2D eigenvalue weighted by Crippen LogP contribution is -2.41. The van der Waals surface area contributed by atoms with Crippen LogP contribution in [-0.4, -0.2) is 42.5 Å². The molecule has 1 atom stereocenters. The summed E-state index contributed by atoms with van der Waals surface area (Å²) >= 11 is 0. The van der Waals surface area contributed by atoms with E-state index in [1.807, 2.05) is 0 Å². The monoisotopic (exact) mass is 336 g/mol. The molecule has 0 saturated carbocycles. The van der Waals surface area contributed by atoms with Gasteiger partial charge in [0.2, 0.25) is 6.41 Å². The minimum Gasteiger partial charge on any atom is -0.466 e. The number of carbonyl (C=O) groups is 3. The van der Waals surface area contributed by atoms with E-state index in [1.165, 1.54) is 4.90 Å².